The summed E-state index contributed by atoms with van der Waals surface area (Å²) in [6.07, 6.45) is 9.38. The van der Waals surface area contributed by atoms with Gasteiger partial charge in [0.25, 0.3) is 0 Å². The second kappa shape index (κ2) is 12.2. The number of benzene rings is 3. The number of azide groups is 1. The van der Waals surface area contributed by atoms with Gasteiger partial charge in [-0.3, -0.25) is 0 Å². The number of hydrogen-bond donors (Lipinski definition) is 0. The Balaban J connectivity index is 1.80. The molecular formula is C27H33BrN3P. The Labute approximate surface area is 200 Å². The molecule has 0 aliphatic rings. The molecule has 0 heterocycles. The Kier molecular flexibility index (Phi) is 9.36. The molecule has 0 spiro atoms. The normalized spacial score (nSPS) is 12.5. The van der Waals surface area contributed by atoms with Gasteiger partial charge in [0, 0.05) is 0 Å². The van der Waals surface area contributed by atoms with Crippen molar-refractivity contribution in [3.63, 3.8) is 0 Å². The third-order valence-electron chi connectivity index (χ3n) is 6.28. The zero-order valence-electron chi connectivity index (χ0n) is 18.7. The van der Waals surface area contributed by atoms with Gasteiger partial charge in [-0.25, -0.2) is 0 Å². The molecule has 0 aliphatic heterocycles. The van der Waals surface area contributed by atoms with E-state index < -0.39 is 5.31 Å². The Morgan fingerprint density at radius 1 is 0.594 bits per heavy atom. The first-order chi connectivity index (χ1) is 15.7. The van der Waals surface area contributed by atoms with Crippen molar-refractivity contribution in [1.29, 1.82) is 0 Å². The van der Waals surface area contributed by atoms with Crippen molar-refractivity contribution in [3.05, 3.63) is 101 Å². The van der Waals surface area contributed by atoms with Crippen molar-refractivity contribution >= 4 is 36.7 Å². The summed E-state index contributed by atoms with van der Waals surface area (Å²) in [4.78, 5) is 2.82. The topological polar surface area (TPSA) is 48.8 Å². The van der Waals surface area contributed by atoms with E-state index in [2.05, 4.69) is 117 Å². The zero-order valence-corrected chi connectivity index (χ0v) is 21.2. The first-order valence-electron chi connectivity index (χ1n) is 11.6. The van der Waals surface area contributed by atoms with Crippen LogP contribution in [0.1, 0.15) is 44.9 Å². The number of unbranched alkanes of at least 4 members (excludes halogenated alkanes) is 6. The molecule has 0 unspecified atom stereocenters. The van der Waals surface area contributed by atoms with Crippen molar-refractivity contribution < 1.29 is 0 Å². The molecule has 3 aromatic carbocycles. The van der Waals surface area contributed by atoms with E-state index in [4.69, 9.17) is 5.53 Å². The van der Waals surface area contributed by atoms with Crippen LogP contribution in [0.4, 0.5) is 0 Å². The van der Waals surface area contributed by atoms with Crippen LogP contribution in [-0.4, -0.2) is 12.7 Å². The number of nitrogens with zero attached hydrogens (tertiary/aromatic N) is 3. The number of hydrogen-bond acceptors (Lipinski definition) is 1. The molecular weight excluding hydrogens is 477 g/mol. The molecule has 0 amide bonds. The van der Waals surface area contributed by atoms with Gasteiger partial charge >= 0.3 is 195 Å². The molecule has 0 saturated heterocycles. The van der Waals surface area contributed by atoms with E-state index in [1.807, 2.05) is 0 Å². The van der Waals surface area contributed by atoms with Gasteiger partial charge in [0.2, 0.25) is 0 Å². The van der Waals surface area contributed by atoms with Crippen LogP contribution in [0.3, 0.4) is 0 Å². The van der Waals surface area contributed by atoms with Crippen molar-refractivity contribution in [2.45, 2.75) is 44.9 Å². The Hall–Kier alpha value is -2.12. The fourth-order valence-corrected chi connectivity index (χ4v) is 12.3. The van der Waals surface area contributed by atoms with Crippen LogP contribution in [0.2, 0.25) is 0 Å². The van der Waals surface area contributed by atoms with Crippen LogP contribution in [0.5, 0.6) is 0 Å². The molecule has 0 radical (unpaired) electrons. The van der Waals surface area contributed by atoms with Crippen LogP contribution in [0.25, 0.3) is 10.4 Å². The minimum atomic E-state index is -2.76. The predicted molar refractivity (Wildman–Crippen MR) is 145 cm³/mol. The minimum absolute atomic E-state index is 0.625. The molecule has 0 aliphatic carbocycles. The second-order valence-corrected chi connectivity index (χ2v) is 17.4. The fraction of sp³-hybridized carbons (Fsp3) is 0.333. The summed E-state index contributed by atoms with van der Waals surface area (Å²) >= 11 is 4.53. The van der Waals surface area contributed by atoms with E-state index in [1.54, 1.807) is 0 Å². The molecule has 0 atom stereocenters. The van der Waals surface area contributed by atoms with Gasteiger partial charge in [0.1, 0.15) is 0 Å². The summed E-state index contributed by atoms with van der Waals surface area (Å²) in [5.74, 6) is 0. The quantitative estimate of drug-likeness (QED) is 0.0739. The standard InChI is InChI=1S/C27H33BrN3P/c28-32(25-17-9-6-10-18-25,26-19-11-7-12-20-26,27-21-13-8-14-22-27)24-16-5-3-1-2-4-15-23-30-31-29/h6-14,17-22H,1-5,15-16,23-24H2. The molecule has 0 bridgehead atoms. The van der Waals surface area contributed by atoms with Gasteiger partial charge in [-0.15, -0.1) is 0 Å². The van der Waals surface area contributed by atoms with E-state index in [0.717, 1.165) is 19.0 Å². The molecule has 3 nitrogen and oxygen atoms in total. The number of halogens is 1. The summed E-state index contributed by atoms with van der Waals surface area (Å²) < 4.78 is 0. The van der Waals surface area contributed by atoms with Gasteiger partial charge in [-0.2, -0.15) is 0 Å². The van der Waals surface area contributed by atoms with E-state index >= 15 is 0 Å². The Bertz CT molecular complexity index is 890. The molecule has 0 fully saturated rings. The summed E-state index contributed by atoms with van der Waals surface area (Å²) in [6, 6.07) is 33.1. The maximum absolute atomic E-state index is 8.36. The van der Waals surface area contributed by atoms with Crippen LogP contribution in [0.15, 0.2) is 96.1 Å². The van der Waals surface area contributed by atoms with Crippen molar-refractivity contribution in [2.24, 2.45) is 5.11 Å². The van der Waals surface area contributed by atoms with Crippen LogP contribution < -0.4 is 15.9 Å². The Morgan fingerprint density at radius 3 is 1.38 bits per heavy atom. The summed E-state index contributed by atoms with van der Waals surface area (Å²) in [7, 11) is 0. The Morgan fingerprint density at radius 2 is 0.969 bits per heavy atom. The van der Waals surface area contributed by atoms with E-state index in [1.165, 1.54) is 48.0 Å². The summed E-state index contributed by atoms with van der Waals surface area (Å²) in [6.45, 7) is 0.625. The fourth-order valence-electron chi connectivity index (χ4n) is 4.57. The van der Waals surface area contributed by atoms with Crippen LogP contribution in [-0.2, 0) is 0 Å². The predicted octanol–water partition coefficient (Wildman–Crippen LogP) is 7.87. The molecule has 168 valence electrons. The van der Waals surface area contributed by atoms with Crippen LogP contribution >= 0.6 is 20.8 Å². The molecule has 5 heteroatoms. The van der Waals surface area contributed by atoms with Gasteiger partial charge in [0.15, 0.2) is 0 Å². The molecule has 0 saturated carbocycles. The first kappa shape index (κ1) is 24.5. The van der Waals surface area contributed by atoms with E-state index in [-0.39, 0.29) is 0 Å². The van der Waals surface area contributed by atoms with Gasteiger partial charge in [0.05, 0.1) is 0 Å². The monoisotopic (exact) mass is 509 g/mol. The average Bonchev–Trinajstić information content (AvgIpc) is 2.87. The first-order valence-corrected chi connectivity index (χ1v) is 16.0. The van der Waals surface area contributed by atoms with Gasteiger partial charge in [-0.05, 0) is 0 Å². The van der Waals surface area contributed by atoms with Gasteiger partial charge in [-0.1, -0.05) is 0 Å². The molecule has 32 heavy (non-hydrogen) atoms. The maximum atomic E-state index is 8.36. The molecule has 3 rings (SSSR count). The van der Waals surface area contributed by atoms with Gasteiger partial charge < -0.3 is 5.53 Å². The van der Waals surface area contributed by atoms with Crippen molar-refractivity contribution in [2.75, 3.05) is 12.7 Å². The molecule has 0 N–H and O–H groups in total. The third-order valence-corrected chi connectivity index (χ3v) is 16.3. The average molecular weight is 510 g/mol. The number of rotatable bonds is 13. The third kappa shape index (κ3) is 5.62. The van der Waals surface area contributed by atoms with E-state index in [9.17, 15) is 0 Å². The van der Waals surface area contributed by atoms with Crippen LogP contribution in [0, 0.1) is 0 Å². The molecule has 0 aromatic heterocycles. The zero-order chi connectivity index (χ0) is 22.6. The second-order valence-electron chi connectivity index (χ2n) is 8.34. The summed E-state index contributed by atoms with van der Waals surface area (Å²) in [5.41, 5.74) is 8.36. The van der Waals surface area contributed by atoms with Crippen molar-refractivity contribution in [1.82, 2.24) is 0 Å². The van der Waals surface area contributed by atoms with Crippen molar-refractivity contribution in [3.8, 4) is 0 Å². The van der Waals surface area contributed by atoms with E-state index in [0.29, 0.717) is 6.54 Å². The SMILES string of the molecule is [N-]=[N+]=NCCCCCCCCCP(Br)(c1ccccc1)(c1ccccc1)c1ccccc1. The molecule has 3 aromatic rings. The summed E-state index contributed by atoms with van der Waals surface area (Å²) in [5, 5.41) is 5.05.